The number of benzene rings is 1. The number of fused-ring (bicyclic) bond motifs is 1. The summed E-state index contributed by atoms with van der Waals surface area (Å²) in [5.41, 5.74) is 1.25. The molecule has 4 nitrogen and oxygen atoms in total. The lowest BCUT2D eigenvalue weighted by Gasteiger charge is -2.33. The summed E-state index contributed by atoms with van der Waals surface area (Å²) < 4.78 is 10.8. The number of hydrogen-bond acceptors (Lipinski definition) is 4. The molecule has 1 heterocycles. The van der Waals surface area contributed by atoms with Crippen molar-refractivity contribution in [3.63, 3.8) is 0 Å². The van der Waals surface area contributed by atoms with E-state index < -0.39 is 6.10 Å². The van der Waals surface area contributed by atoms with Gasteiger partial charge in [-0.2, -0.15) is 0 Å². The molecule has 0 amide bonds. The smallest absolute Gasteiger partial charge is 0.125 e. The highest BCUT2D eigenvalue weighted by Gasteiger charge is 2.34. The van der Waals surface area contributed by atoms with E-state index in [1.165, 1.54) is 6.07 Å². The minimum Gasteiger partial charge on any atom is -0.508 e. The molecule has 0 radical (unpaired) electrons. The molecule has 2 N–H and O–H groups in total. The molecule has 16 heavy (non-hydrogen) atoms. The Morgan fingerprint density at radius 3 is 2.56 bits per heavy atom. The van der Waals surface area contributed by atoms with Gasteiger partial charge in [-0.05, 0) is 26.0 Å². The normalized spacial score (nSPS) is 28.6. The predicted molar refractivity (Wildman–Crippen MR) is 58.6 cm³/mol. The fourth-order valence-electron chi connectivity index (χ4n) is 2.21. The highest BCUT2D eigenvalue weighted by Crippen LogP contribution is 2.45. The average Bonchev–Trinajstić information content (AvgIpc) is 2.25. The summed E-state index contributed by atoms with van der Waals surface area (Å²) in [5, 5.41) is 19.8. The summed E-state index contributed by atoms with van der Waals surface area (Å²) >= 11 is 0. The largest absolute Gasteiger partial charge is 0.508 e. The number of methoxy groups -OCH3 is 1. The molecule has 0 aliphatic carbocycles. The van der Waals surface area contributed by atoms with E-state index in [0.29, 0.717) is 11.3 Å². The molecule has 1 aliphatic heterocycles. The number of rotatable bonds is 1. The molecule has 1 aromatic rings. The molecule has 0 saturated carbocycles. The van der Waals surface area contributed by atoms with E-state index in [1.807, 2.05) is 6.92 Å². The number of hydrogen-bond donors (Lipinski definition) is 2. The van der Waals surface area contributed by atoms with Crippen molar-refractivity contribution in [2.75, 3.05) is 7.11 Å². The van der Waals surface area contributed by atoms with Crippen molar-refractivity contribution in [1.29, 1.82) is 0 Å². The van der Waals surface area contributed by atoms with Gasteiger partial charge in [-0.25, -0.2) is 0 Å². The lowest BCUT2D eigenvalue weighted by Crippen LogP contribution is -2.27. The van der Waals surface area contributed by atoms with Crippen molar-refractivity contribution in [3.8, 4) is 11.5 Å². The standard InChI is InChI=1S/C12H16O4/c1-6-10-9(15-3)5-4-8(13)11(10)12(14)7(2)16-6/h4-7,12-14H,1-3H3/t6-,7-,12-/m0/s1. The van der Waals surface area contributed by atoms with E-state index in [1.54, 1.807) is 20.1 Å². The SMILES string of the molecule is COc1ccc(O)c2c1[C@H](C)O[C@@H](C)[C@@H]2O. The van der Waals surface area contributed by atoms with E-state index >= 15 is 0 Å². The summed E-state index contributed by atoms with van der Waals surface area (Å²) in [6, 6.07) is 3.21. The zero-order valence-corrected chi connectivity index (χ0v) is 9.60. The molecule has 1 aliphatic rings. The van der Waals surface area contributed by atoms with E-state index in [2.05, 4.69) is 0 Å². The lowest BCUT2D eigenvalue weighted by molar-refractivity contribution is -0.0825. The predicted octanol–water partition coefficient (Wildman–Crippen LogP) is 1.91. The minimum atomic E-state index is -0.818. The molecule has 0 unspecified atom stereocenters. The average molecular weight is 224 g/mol. The first-order valence-corrected chi connectivity index (χ1v) is 5.29. The van der Waals surface area contributed by atoms with Crippen LogP contribution in [0.25, 0.3) is 0 Å². The minimum absolute atomic E-state index is 0.0882. The summed E-state index contributed by atoms with van der Waals surface area (Å²) in [5.74, 6) is 0.719. The second kappa shape index (κ2) is 3.96. The maximum atomic E-state index is 10.0. The van der Waals surface area contributed by atoms with Crippen molar-refractivity contribution < 1.29 is 19.7 Å². The molecule has 88 valence electrons. The zero-order chi connectivity index (χ0) is 11.9. The first kappa shape index (κ1) is 11.2. The molecule has 4 heteroatoms. The Hall–Kier alpha value is -1.26. The third kappa shape index (κ3) is 1.54. The lowest BCUT2D eigenvalue weighted by atomic mass is 9.91. The second-order valence-electron chi connectivity index (χ2n) is 4.04. The third-order valence-electron chi connectivity index (χ3n) is 3.01. The van der Waals surface area contributed by atoms with E-state index in [0.717, 1.165) is 5.56 Å². The molecular weight excluding hydrogens is 208 g/mol. The summed E-state index contributed by atoms with van der Waals surface area (Å²) in [6.45, 7) is 3.66. The van der Waals surface area contributed by atoms with Crippen LogP contribution in [-0.4, -0.2) is 23.4 Å². The number of aliphatic hydroxyl groups is 1. The molecule has 0 fully saturated rings. The van der Waals surface area contributed by atoms with Gasteiger partial charge in [0.05, 0.1) is 19.3 Å². The van der Waals surface area contributed by atoms with E-state index in [-0.39, 0.29) is 18.0 Å². The Labute approximate surface area is 94.4 Å². The van der Waals surface area contributed by atoms with Gasteiger partial charge in [-0.3, -0.25) is 0 Å². The third-order valence-corrected chi connectivity index (χ3v) is 3.01. The summed E-state index contributed by atoms with van der Waals surface area (Å²) in [4.78, 5) is 0. The Bertz CT molecular complexity index is 402. The molecule has 3 atom stereocenters. The van der Waals surface area contributed by atoms with Gasteiger partial charge in [0.25, 0.3) is 0 Å². The molecular formula is C12H16O4. The van der Waals surface area contributed by atoms with Gasteiger partial charge in [-0.1, -0.05) is 0 Å². The maximum Gasteiger partial charge on any atom is 0.125 e. The first-order chi connectivity index (χ1) is 7.56. The van der Waals surface area contributed by atoms with Crippen molar-refractivity contribution in [1.82, 2.24) is 0 Å². The molecule has 0 bridgehead atoms. The number of aromatic hydroxyl groups is 1. The van der Waals surface area contributed by atoms with Crippen molar-refractivity contribution in [2.45, 2.75) is 32.2 Å². The van der Waals surface area contributed by atoms with Crippen LogP contribution in [0.5, 0.6) is 11.5 Å². The van der Waals surface area contributed by atoms with E-state index in [4.69, 9.17) is 9.47 Å². The van der Waals surface area contributed by atoms with Crippen LogP contribution < -0.4 is 4.74 Å². The fourth-order valence-corrected chi connectivity index (χ4v) is 2.21. The van der Waals surface area contributed by atoms with Crippen molar-refractivity contribution >= 4 is 0 Å². The van der Waals surface area contributed by atoms with Crippen LogP contribution in [0.15, 0.2) is 12.1 Å². The highest BCUT2D eigenvalue weighted by atomic mass is 16.5. The Morgan fingerprint density at radius 2 is 1.94 bits per heavy atom. The van der Waals surface area contributed by atoms with Crippen molar-refractivity contribution in [2.24, 2.45) is 0 Å². The molecule has 2 rings (SSSR count). The Balaban J connectivity index is 2.63. The number of ether oxygens (including phenoxy) is 2. The van der Waals surface area contributed by atoms with Gasteiger partial charge < -0.3 is 19.7 Å². The maximum absolute atomic E-state index is 10.0. The zero-order valence-electron chi connectivity index (χ0n) is 9.60. The topological polar surface area (TPSA) is 58.9 Å². The number of phenolic OH excluding ortho intramolecular Hbond substituents is 1. The van der Waals surface area contributed by atoms with Gasteiger partial charge in [0.1, 0.15) is 17.6 Å². The Kier molecular flexibility index (Phi) is 2.78. The van der Waals surface area contributed by atoms with Crippen LogP contribution in [0.3, 0.4) is 0 Å². The van der Waals surface area contributed by atoms with Gasteiger partial charge in [0.2, 0.25) is 0 Å². The first-order valence-electron chi connectivity index (χ1n) is 5.29. The monoisotopic (exact) mass is 224 g/mol. The van der Waals surface area contributed by atoms with Gasteiger partial charge in [-0.15, -0.1) is 0 Å². The van der Waals surface area contributed by atoms with Crippen LogP contribution in [0.2, 0.25) is 0 Å². The number of phenols is 1. The molecule has 0 aromatic heterocycles. The van der Waals surface area contributed by atoms with Gasteiger partial charge in [0, 0.05) is 11.1 Å². The molecule has 1 aromatic carbocycles. The van der Waals surface area contributed by atoms with Gasteiger partial charge >= 0.3 is 0 Å². The summed E-state index contributed by atoms with van der Waals surface area (Å²) in [6.07, 6.45) is -1.35. The number of aliphatic hydroxyl groups excluding tert-OH is 1. The highest BCUT2D eigenvalue weighted by molar-refractivity contribution is 5.51. The van der Waals surface area contributed by atoms with Crippen LogP contribution in [0, 0.1) is 0 Å². The van der Waals surface area contributed by atoms with E-state index in [9.17, 15) is 10.2 Å². The van der Waals surface area contributed by atoms with Gasteiger partial charge in [0.15, 0.2) is 0 Å². The quantitative estimate of drug-likeness (QED) is 0.765. The van der Waals surface area contributed by atoms with Crippen molar-refractivity contribution in [3.05, 3.63) is 23.3 Å². The van der Waals surface area contributed by atoms with Crippen LogP contribution in [0.4, 0.5) is 0 Å². The van der Waals surface area contributed by atoms with Crippen LogP contribution in [0.1, 0.15) is 37.2 Å². The summed E-state index contributed by atoms with van der Waals surface area (Å²) in [7, 11) is 1.56. The fraction of sp³-hybridized carbons (Fsp3) is 0.500. The van der Waals surface area contributed by atoms with Crippen LogP contribution >= 0.6 is 0 Å². The van der Waals surface area contributed by atoms with Crippen LogP contribution in [-0.2, 0) is 4.74 Å². The molecule has 0 spiro atoms. The second-order valence-corrected chi connectivity index (χ2v) is 4.04. The Morgan fingerprint density at radius 1 is 1.25 bits per heavy atom. The molecule has 0 saturated heterocycles.